The Morgan fingerprint density at radius 1 is 1.04 bits per heavy atom. The molecular formula is C19H18ClN3O. The molecule has 0 aliphatic rings. The van der Waals surface area contributed by atoms with Crippen molar-refractivity contribution in [3.8, 4) is 11.3 Å². The summed E-state index contributed by atoms with van der Waals surface area (Å²) in [5.41, 5.74) is 3.76. The van der Waals surface area contributed by atoms with Gasteiger partial charge in [0.1, 0.15) is 11.4 Å². The van der Waals surface area contributed by atoms with Crippen molar-refractivity contribution < 1.29 is 4.79 Å². The number of aromatic nitrogens is 2. The number of nitrogens with one attached hydrogen (secondary N) is 1. The number of carbonyl (C=O) groups excluding carboxylic acids is 1. The van der Waals surface area contributed by atoms with Crippen LogP contribution in [0.2, 0.25) is 5.02 Å². The fourth-order valence-electron chi connectivity index (χ4n) is 2.40. The molecule has 1 N–H and O–H groups in total. The minimum absolute atomic E-state index is 0.108. The third kappa shape index (κ3) is 3.19. The van der Waals surface area contributed by atoms with Gasteiger partial charge in [-0.25, -0.2) is 4.98 Å². The largest absolute Gasteiger partial charge is 0.349 e. The van der Waals surface area contributed by atoms with E-state index in [2.05, 4.69) is 9.97 Å². The molecule has 2 aromatic carbocycles. The zero-order valence-electron chi connectivity index (χ0n) is 13.8. The van der Waals surface area contributed by atoms with Crippen LogP contribution in [-0.4, -0.2) is 29.8 Å². The highest BCUT2D eigenvalue weighted by atomic mass is 35.5. The molecule has 0 saturated heterocycles. The highest BCUT2D eigenvalue weighted by Gasteiger charge is 2.20. The normalized spacial score (nSPS) is 10.7. The standard InChI is InChI=1S/C19H18ClN3O/c1-12-4-6-13(7-5-12)16-17(22-19(21-16)23(2)3)18(24)14-8-10-15(20)11-9-14/h4-11H,1-3H3,(H,21,22). The van der Waals surface area contributed by atoms with Gasteiger partial charge in [0.15, 0.2) is 0 Å². The van der Waals surface area contributed by atoms with Gasteiger partial charge in [0.25, 0.3) is 0 Å². The van der Waals surface area contributed by atoms with E-state index in [9.17, 15) is 4.79 Å². The maximum Gasteiger partial charge on any atom is 0.211 e. The van der Waals surface area contributed by atoms with Crippen LogP contribution in [0.3, 0.4) is 0 Å². The van der Waals surface area contributed by atoms with Gasteiger partial charge in [0, 0.05) is 30.2 Å². The van der Waals surface area contributed by atoms with Crippen LogP contribution in [0, 0.1) is 6.92 Å². The topological polar surface area (TPSA) is 49.0 Å². The van der Waals surface area contributed by atoms with Crippen LogP contribution in [0.15, 0.2) is 48.5 Å². The van der Waals surface area contributed by atoms with E-state index >= 15 is 0 Å². The number of nitrogens with zero attached hydrogens (tertiary/aromatic N) is 2. The molecule has 0 amide bonds. The van der Waals surface area contributed by atoms with Gasteiger partial charge in [0.2, 0.25) is 11.7 Å². The molecule has 5 heteroatoms. The smallest absolute Gasteiger partial charge is 0.211 e. The van der Waals surface area contributed by atoms with Gasteiger partial charge in [-0.2, -0.15) is 0 Å². The Bertz CT molecular complexity index is 865. The first-order chi connectivity index (χ1) is 11.5. The number of anilines is 1. The fourth-order valence-corrected chi connectivity index (χ4v) is 2.53. The lowest BCUT2D eigenvalue weighted by Crippen LogP contribution is -2.10. The molecule has 24 heavy (non-hydrogen) atoms. The summed E-state index contributed by atoms with van der Waals surface area (Å²) >= 11 is 5.91. The van der Waals surface area contributed by atoms with Crippen LogP contribution in [0.25, 0.3) is 11.3 Å². The minimum Gasteiger partial charge on any atom is -0.349 e. The number of rotatable bonds is 4. The molecule has 0 spiro atoms. The Morgan fingerprint density at radius 3 is 2.25 bits per heavy atom. The Kier molecular flexibility index (Phi) is 4.40. The predicted molar refractivity (Wildman–Crippen MR) is 98.0 cm³/mol. The molecule has 0 fully saturated rings. The van der Waals surface area contributed by atoms with Crippen molar-refractivity contribution in [2.45, 2.75) is 6.92 Å². The van der Waals surface area contributed by atoms with Gasteiger partial charge in [-0.3, -0.25) is 4.79 Å². The fraction of sp³-hybridized carbons (Fsp3) is 0.158. The van der Waals surface area contributed by atoms with E-state index in [1.54, 1.807) is 24.3 Å². The van der Waals surface area contributed by atoms with E-state index in [4.69, 9.17) is 11.6 Å². The molecule has 0 unspecified atom stereocenters. The molecule has 3 rings (SSSR count). The lowest BCUT2D eigenvalue weighted by Gasteiger charge is -2.06. The summed E-state index contributed by atoms with van der Waals surface area (Å²) in [6.07, 6.45) is 0. The molecule has 4 nitrogen and oxygen atoms in total. The summed E-state index contributed by atoms with van der Waals surface area (Å²) in [5.74, 6) is 0.533. The van der Waals surface area contributed by atoms with Crippen molar-refractivity contribution in [3.63, 3.8) is 0 Å². The molecule has 0 aliphatic carbocycles. The van der Waals surface area contributed by atoms with Gasteiger partial charge in [-0.15, -0.1) is 0 Å². The SMILES string of the molecule is Cc1ccc(-c2nc(N(C)C)[nH]c2C(=O)c2ccc(Cl)cc2)cc1. The molecular weight excluding hydrogens is 322 g/mol. The number of benzene rings is 2. The second-order valence-electron chi connectivity index (χ2n) is 5.88. The monoisotopic (exact) mass is 339 g/mol. The van der Waals surface area contributed by atoms with Crippen LogP contribution in [0.1, 0.15) is 21.6 Å². The number of aromatic amines is 1. The average molecular weight is 340 g/mol. The third-order valence-electron chi connectivity index (χ3n) is 3.77. The predicted octanol–water partition coefficient (Wildman–Crippen LogP) is 4.34. The second-order valence-corrected chi connectivity index (χ2v) is 6.32. The number of ketones is 1. The molecule has 0 atom stereocenters. The van der Waals surface area contributed by atoms with Gasteiger partial charge < -0.3 is 9.88 Å². The number of imidazole rings is 1. The maximum absolute atomic E-state index is 12.9. The lowest BCUT2D eigenvalue weighted by molar-refractivity contribution is 0.103. The first-order valence-electron chi connectivity index (χ1n) is 7.60. The Morgan fingerprint density at radius 2 is 1.67 bits per heavy atom. The third-order valence-corrected chi connectivity index (χ3v) is 4.03. The molecule has 0 bridgehead atoms. The first kappa shape index (κ1) is 16.3. The van der Waals surface area contributed by atoms with Gasteiger partial charge in [0.05, 0.1) is 0 Å². The van der Waals surface area contributed by atoms with Crippen molar-refractivity contribution in [3.05, 3.63) is 70.4 Å². The molecule has 3 aromatic rings. The molecule has 0 radical (unpaired) electrons. The lowest BCUT2D eigenvalue weighted by atomic mass is 10.0. The van der Waals surface area contributed by atoms with Crippen molar-refractivity contribution >= 4 is 23.3 Å². The zero-order valence-corrected chi connectivity index (χ0v) is 14.6. The number of hydrogen-bond donors (Lipinski definition) is 1. The molecule has 1 aromatic heterocycles. The Balaban J connectivity index is 2.10. The number of hydrogen-bond acceptors (Lipinski definition) is 3. The summed E-state index contributed by atoms with van der Waals surface area (Å²) < 4.78 is 0. The molecule has 122 valence electrons. The van der Waals surface area contributed by atoms with Crippen LogP contribution >= 0.6 is 11.6 Å². The molecule has 0 aliphatic heterocycles. The maximum atomic E-state index is 12.9. The minimum atomic E-state index is -0.108. The van der Waals surface area contributed by atoms with Crippen LogP contribution in [0.4, 0.5) is 5.95 Å². The number of halogens is 1. The zero-order chi connectivity index (χ0) is 17.3. The summed E-state index contributed by atoms with van der Waals surface area (Å²) in [6, 6.07) is 14.8. The van der Waals surface area contributed by atoms with E-state index in [1.807, 2.05) is 50.2 Å². The van der Waals surface area contributed by atoms with Crippen molar-refractivity contribution in [1.82, 2.24) is 9.97 Å². The van der Waals surface area contributed by atoms with Crippen molar-refractivity contribution in [2.75, 3.05) is 19.0 Å². The highest BCUT2D eigenvalue weighted by molar-refractivity contribution is 6.30. The van der Waals surface area contributed by atoms with Gasteiger partial charge in [-0.1, -0.05) is 41.4 Å². The van der Waals surface area contributed by atoms with E-state index < -0.39 is 0 Å². The summed E-state index contributed by atoms with van der Waals surface area (Å²) in [4.78, 5) is 22.5. The Labute approximate surface area is 146 Å². The Hall–Kier alpha value is -2.59. The number of carbonyl (C=O) groups is 1. The summed E-state index contributed by atoms with van der Waals surface area (Å²) in [5, 5.41) is 0.601. The van der Waals surface area contributed by atoms with E-state index in [1.165, 1.54) is 0 Å². The average Bonchev–Trinajstić information content (AvgIpc) is 3.01. The highest BCUT2D eigenvalue weighted by Crippen LogP contribution is 2.27. The van der Waals surface area contributed by atoms with Crippen LogP contribution in [-0.2, 0) is 0 Å². The second kappa shape index (κ2) is 6.49. The number of aryl methyl sites for hydroxylation is 1. The molecule has 0 saturated carbocycles. The van der Waals surface area contributed by atoms with Crippen molar-refractivity contribution in [2.24, 2.45) is 0 Å². The van der Waals surface area contributed by atoms with Crippen LogP contribution < -0.4 is 4.90 Å². The summed E-state index contributed by atoms with van der Waals surface area (Å²) in [6.45, 7) is 2.03. The van der Waals surface area contributed by atoms with Gasteiger partial charge >= 0.3 is 0 Å². The van der Waals surface area contributed by atoms with Gasteiger partial charge in [-0.05, 0) is 31.2 Å². The quantitative estimate of drug-likeness (QED) is 0.719. The van der Waals surface area contributed by atoms with Crippen molar-refractivity contribution in [1.29, 1.82) is 0 Å². The number of H-pyrrole nitrogens is 1. The van der Waals surface area contributed by atoms with Crippen LogP contribution in [0.5, 0.6) is 0 Å². The van der Waals surface area contributed by atoms with E-state index in [-0.39, 0.29) is 5.78 Å². The molecule has 1 heterocycles. The summed E-state index contributed by atoms with van der Waals surface area (Å²) in [7, 11) is 3.77. The van der Waals surface area contributed by atoms with E-state index in [0.717, 1.165) is 11.1 Å². The first-order valence-corrected chi connectivity index (χ1v) is 7.98. The van der Waals surface area contributed by atoms with E-state index in [0.29, 0.717) is 27.9 Å².